The zero-order valence-corrected chi connectivity index (χ0v) is 9.34. The van der Waals surface area contributed by atoms with E-state index in [-0.39, 0.29) is 11.6 Å². The molecule has 5 nitrogen and oxygen atoms in total. The Morgan fingerprint density at radius 2 is 2.18 bits per heavy atom. The molecule has 0 atom stereocenters. The Balaban J connectivity index is 2.25. The summed E-state index contributed by atoms with van der Waals surface area (Å²) in [7, 11) is 0. The summed E-state index contributed by atoms with van der Waals surface area (Å²) >= 11 is 0. The highest BCUT2D eigenvalue weighted by Gasteiger charge is 2.10. The first-order valence-corrected chi connectivity index (χ1v) is 5.11. The molecule has 0 bridgehead atoms. The van der Waals surface area contributed by atoms with E-state index in [4.69, 9.17) is 5.73 Å². The Morgan fingerprint density at radius 1 is 1.35 bits per heavy atom. The standard InChI is InChI=1S/C12H12N4O/c1-8-3-2-4-9(13)11(8)16-12(17)10-7-14-5-6-15-10/h2-7H,13H2,1H3,(H,16,17). The molecule has 0 aliphatic rings. The average molecular weight is 228 g/mol. The van der Waals surface area contributed by atoms with Crippen molar-refractivity contribution in [3.8, 4) is 0 Å². The summed E-state index contributed by atoms with van der Waals surface area (Å²) in [6.07, 6.45) is 4.39. The number of amides is 1. The molecule has 86 valence electrons. The van der Waals surface area contributed by atoms with Gasteiger partial charge in [0.25, 0.3) is 5.91 Å². The number of aryl methyl sites for hydroxylation is 1. The molecule has 0 saturated heterocycles. The predicted molar refractivity (Wildman–Crippen MR) is 65.6 cm³/mol. The van der Waals surface area contributed by atoms with Gasteiger partial charge in [0.15, 0.2) is 0 Å². The number of anilines is 2. The Kier molecular flexibility index (Phi) is 3.00. The van der Waals surface area contributed by atoms with Crippen molar-refractivity contribution in [2.45, 2.75) is 6.92 Å². The summed E-state index contributed by atoms with van der Waals surface area (Å²) in [5.74, 6) is -0.320. The summed E-state index contributed by atoms with van der Waals surface area (Å²) in [6, 6.07) is 5.45. The van der Waals surface area contributed by atoms with Crippen LogP contribution in [-0.4, -0.2) is 15.9 Å². The Bertz CT molecular complexity index is 519. The smallest absolute Gasteiger partial charge is 0.275 e. The zero-order valence-electron chi connectivity index (χ0n) is 9.34. The molecule has 1 heterocycles. The lowest BCUT2D eigenvalue weighted by Crippen LogP contribution is -2.15. The molecule has 0 saturated carbocycles. The van der Waals surface area contributed by atoms with Crippen molar-refractivity contribution in [3.05, 3.63) is 48.0 Å². The van der Waals surface area contributed by atoms with Crippen LogP contribution in [0.3, 0.4) is 0 Å². The van der Waals surface area contributed by atoms with Crippen LogP contribution >= 0.6 is 0 Å². The largest absolute Gasteiger partial charge is 0.397 e. The van der Waals surface area contributed by atoms with E-state index in [1.54, 1.807) is 6.07 Å². The number of hydrogen-bond acceptors (Lipinski definition) is 4. The van der Waals surface area contributed by atoms with Gasteiger partial charge in [0.1, 0.15) is 5.69 Å². The third-order valence-electron chi connectivity index (χ3n) is 2.34. The second-order valence-electron chi connectivity index (χ2n) is 3.58. The fraction of sp³-hybridized carbons (Fsp3) is 0.0833. The quantitative estimate of drug-likeness (QED) is 0.765. The van der Waals surface area contributed by atoms with Crippen LogP contribution in [0, 0.1) is 6.92 Å². The zero-order chi connectivity index (χ0) is 12.3. The summed E-state index contributed by atoms with van der Waals surface area (Å²) < 4.78 is 0. The lowest BCUT2D eigenvalue weighted by Gasteiger charge is -2.10. The van der Waals surface area contributed by atoms with Gasteiger partial charge in [-0.15, -0.1) is 0 Å². The minimum absolute atomic E-state index is 0.259. The number of carbonyl (C=O) groups is 1. The highest BCUT2D eigenvalue weighted by Crippen LogP contribution is 2.22. The summed E-state index contributed by atoms with van der Waals surface area (Å²) in [5.41, 5.74) is 8.11. The van der Waals surface area contributed by atoms with Crippen molar-refractivity contribution >= 4 is 17.3 Å². The van der Waals surface area contributed by atoms with Gasteiger partial charge in [-0.25, -0.2) is 4.98 Å². The SMILES string of the molecule is Cc1cccc(N)c1NC(=O)c1cnccn1. The number of nitrogens with two attached hydrogens (primary N) is 1. The van der Waals surface area contributed by atoms with Crippen molar-refractivity contribution in [3.63, 3.8) is 0 Å². The van der Waals surface area contributed by atoms with Gasteiger partial charge in [-0.3, -0.25) is 9.78 Å². The number of nitrogens with one attached hydrogen (secondary N) is 1. The predicted octanol–water partition coefficient (Wildman–Crippen LogP) is 1.62. The van der Waals surface area contributed by atoms with Gasteiger partial charge < -0.3 is 11.1 Å². The lowest BCUT2D eigenvalue weighted by molar-refractivity contribution is 0.102. The van der Waals surface area contributed by atoms with Crippen LogP contribution in [0.1, 0.15) is 16.1 Å². The first-order valence-electron chi connectivity index (χ1n) is 5.11. The Labute approximate surface area is 98.7 Å². The maximum absolute atomic E-state index is 11.8. The number of aromatic nitrogens is 2. The monoisotopic (exact) mass is 228 g/mol. The van der Waals surface area contributed by atoms with E-state index >= 15 is 0 Å². The molecule has 0 spiro atoms. The molecule has 1 amide bonds. The van der Waals surface area contributed by atoms with Gasteiger partial charge in [-0.05, 0) is 18.6 Å². The molecule has 0 fully saturated rings. The fourth-order valence-electron chi connectivity index (χ4n) is 1.46. The second-order valence-corrected chi connectivity index (χ2v) is 3.58. The Morgan fingerprint density at radius 3 is 2.82 bits per heavy atom. The molecular formula is C12H12N4O. The molecule has 2 aromatic rings. The minimum Gasteiger partial charge on any atom is -0.397 e. The number of rotatable bonds is 2. The van der Waals surface area contributed by atoms with E-state index in [2.05, 4.69) is 15.3 Å². The fourth-order valence-corrected chi connectivity index (χ4v) is 1.46. The number of hydrogen-bond donors (Lipinski definition) is 2. The van der Waals surface area contributed by atoms with E-state index in [0.29, 0.717) is 11.4 Å². The van der Waals surface area contributed by atoms with E-state index in [1.807, 2.05) is 19.1 Å². The van der Waals surface area contributed by atoms with Crippen molar-refractivity contribution in [2.24, 2.45) is 0 Å². The maximum Gasteiger partial charge on any atom is 0.275 e. The molecule has 1 aromatic carbocycles. The normalized spacial score (nSPS) is 9.94. The summed E-state index contributed by atoms with van der Waals surface area (Å²) in [5, 5.41) is 2.73. The van der Waals surface area contributed by atoms with Crippen molar-refractivity contribution < 1.29 is 4.79 Å². The number of nitrogen functional groups attached to an aromatic ring is 1. The molecular weight excluding hydrogens is 216 g/mol. The molecule has 17 heavy (non-hydrogen) atoms. The van der Waals surface area contributed by atoms with Crippen molar-refractivity contribution in [1.29, 1.82) is 0 Å². The molecule has 3 N–H and O–H groups in total. The number of para-hydroxylation sites is 1. The van der Waals surface area contributed by atoms with Crippen LogP contribution in [0.2, 0.25) is 0 Å². The van der Waals surface area contributed by atoms with Gasteiger partial charge in [-0.1, -0.05) is 12.1 Å². The van der Waals surface area contributed by atoms with Gasteiger partial charge in [-0.2, -0.15) is 0 Å². The van der Waals surface area contributed by atoms with Crippen LogP contribution < -0.4 is 11.1 Å². The number of benzene rings is 1. The third-order valence-corrected chi connectivity index (χ3v) is 2.34. The van der Waals surface area contributed by atoms with Crippen LogP contribution in [-0.2, 0) is 0 Å². The third kappa shape index (κ3) is 2.39. The molecule has 0 aliphatic heterocycles. The van der Waals surface area contributed by atoms with E-state index in [1.165, 1.54) is 18.6 Å². The Hall–Kier alpha value is -2.43. The van der Waals surface area contributed by atoms with Crippen LogP contribution in [0.4, 0.5) is 11.4 Å². The first kappa shape index (κ1) is 11.1. The molecule has 0 unspecified atom stereocenters. The minimum atomic E-state index is -0.320. The van der Waals surface area contributed by atoms with Crippen LogP contribution in [0.5, 0.6) is 0 Å². The van der Waals surface area contributed by atoms with Crippen LogP contribution in [0.25, 0.3) is 0 Å². The first-order chi connectivity index (χ1) is 8.18. The van der Waals surface area contributed by atoms with Crippen LogP contribution in [0.15, 0.2) is 36.8 Å². The maximum atomic E-state index is 11.8. The second kappa shape index (κ2) is 4.61. The molecule has 5 heteroatoms. The topological polar surface area (TPSA) is 80.9 Å². The number of nitrogens with zero attached hydrogens (tertiary/aromatic N) is 2. The van der Waals surface area contributed by atoms with Gasteiger partial charge >= 0.3 is 0 Å². The lowest BCUT2D eigenvalue weighted by atomic mass is 10.1. The van der Waals surface area contributed by atoms with E-state index in [0.717, 1.165) is 5.56 Å². The van der Waals surface area contributed by atoms with E-state index in [9.17, 15) is 4.79 Å². The molecule has 1 aromatic heterocycles. The summed E-state index contributed by atoms with van der Waals surface area (Å²) in [4.78, 5) is 19.6. The van der Waals surface area contributed by atoms with Crippen molar-refractivity contribution in [1.82, 2.24) is 9.97 Å². The summed E-state index contributed by atoms with van der Waals surface area (Å²) in [6.45, 7) is 1.88. The molecule has 0 aliphatic carbocycles. The highest BCUT2D eigenvalue weighted by atomic mass is 16.1. The van der Waals surface area contributed by atoms with Crippen molar-refractivity contribution in [2.75, 3.05) is 11.1 Å². The van der Waals surface area contributed by atoms with Gasteiger partial charge in [0.05, 0.1) is 17.6 Å². The molecule has 0 radical (unpaired) electrons. The van der Waals surface area contributed by atoms with Gasteiger partial charge in [0.2, 0.25) is 0 Å². The highest BCUT2D eigenvalue weighted by molar-refractivity contribution is 6.04. The van der Waals surface area contributed by atoms with E-state index < -0.39 is 0 Å². The molecule has 2 rings (SSSR count). The van der Waals surface area contributed by atoms with Gasteiger partial charge in [0, 0.05) is 12.4 Å². The number of carbonyl (C=O) groups excluding carboxylic acids is 1. The average Bonchev–Trinajstić information content (AvgIpc) is 2.35.